The molecule has 1 aromatic heterocycles. The average molecular weight is 249 g/mol. The number of aryl methyl sites for hydroxylation is 1. The molecule has 0 aliphatic heterocycles. The van der Waals surface area contributed by atoms with Crippen molar-refractivity contribution in [1.29, 1.82) is 0 Å². The molecule has 0 N–H and O–H groups in total. The van der Waals surface area contributed by atoms with Gasteiger partial charge in [-0.2, -0.15) is 0 Å². The maximum atomic E-state index is 12.0. The third-order valence-corrected chi connectivity index (χ3v) is 3.95. The maximum Gasteiger partial charge on any atom is 0.189 e. The van der Waals surface area contributed by atoms with Gasteiger partial charge in [-0.25, -0.2) is 0 Å². The van der Waals surface area contributed by atoms with E-state index in [1.165, 1.54) is 19.3 Å². The van der Waals surface area contributed by atoms with Gasteiger partial charge in [0.05, 0.1) is 6.10 Å². The van der Waals surface area contributed by atoms with Gasteiger partial charge < -0.3 is 9.30 Å². The number of hydrogen-bond acceptors (Lipinski definition) is 2. The Bertz CT molecular complexity index is 397. The minimum absolute atomic E-state index is 0.0935. The van der Waals surface area contributed by atoms with Gasteiger partial charge in [0.15, 0.2) is 5.78 Å². The van der Waals surface area contributed by atoms with Crippen molar-refractivity contribution in [2.45, 2.75) is 45.1 Å². The Morgan fingerprint density at radius 3 is 2.89 bits per heavy atom. The Morgan fingerprint density at radius 1 is 1.44 bits per heavy atom. The number of rotatable bonds is 5. The van der Waals surface area contributed by atoms with E-state index >= 15 is 0 Å². The predicted octanol–water partition coefficient (Wildman–Crippen LogP) is 3.19. The Labute approximate surface area is 109 Å². The lowest BCUT2D eigenvalue weighted by molar-refractivity contribution is -0.00570. The Hall–Kier alpha value is -1.09. The molecule has 18 heavy (non-hydrogen) atoms. The van der Waals surface area contributed by atoms with Crippen molar-refractivity contribution in [3.05, 3.63) is 24.0 Å². The van der Waals surface area contributed by atoms with E-state index in [1.807, 2.05) is 30.1 Å². The van der Waals surface area contributed by atoms with Gasteiger partial charge in [-0.15, -0.1) is 0 Å². The highest BCUT2D eigenvalue weighted by molar-refractivity contribution is 5.96. The quantitative estimate of drug-likeness (QED) is 0.750. The van der Waals surface area contributed by atoms with E-state index in [0.29, 0.717) is 5.92 Å². The van der Waals surface area contributed by atoms with Crippen LogP contribution in [0.15, 0.2) is 18.5 Å². The first kappa shape index (κ1) is 13.3. The molecule has 1 heterocycles. The number of hydrogen-bond donors (Lipinski definition) is 0. The topological polar surface area (TPSA) is 31.2 Å². The van der Waals surface area contributed by atoms with Crippen LogP contribution in [0.5, 0.6) is 0 Å². The van der Waals surface area contributed by atoms with Crippen molar-refractivity contribution in [2.24, 2.45) is 13.0 Å². The predicted molar refractivity (Wildman–Crippen MR) is 71.7 cm³/mol. The molecule has 0 amide bonds. The molecule has 2 atom stereocenters. The second-order valence-corrected chi connectivity index (χ2v) is 5.29. The molecule has 1 aliphatic carbocycles. The third-order valence-electron chi connectivity index (χ3n) is 3.95. The molecular formula is C15H23NO2. The van der Waals surface area contributed by atoms with Crippen LogP contribution in [0.3, 0.4) is 0 Å². The highest BCUT2D eigenvalue weighted by Crippen LogP contribution is 2.29. The standard InChI is InChI=1S/C15H23NO2/c1-3-12-6-4-5-7-15(12)18-11-14(17)13-8-9-16(2)10-13/h8-10,12,15H,3-7,11H2,1-2H3. The minimum Gasteiger partial charge on any atom is -0.370 e. The fourth-order valence-electron chi connectivity index (χ4n) is 2.79. The smallest absolute Gasteiger partial charge is 0.189 e. The SMILES string of the molecule is CCC1CCCCC1OCC(=O)c1ccn(C)c1. The van der Waals surface area contributed by atoms with Crippen molar-refractivity contribution < 1.29 is 9.53 Å². The van der Waals surface area contributed by atoms with Crippen molar-refractivity contribution >= 4 is 5.78 Å². The van der Waals surface area contributed by atoms with Crippen molar-refractivity contribution in [3.8, 4) is 0 Å². The van der Waals surface area contributed by atoms with Crippen LogP contribution in [-0.4, -0.2) is 23.1 Å². The fourth-order valence-corrected chi connectivity index (χ4v) is 2.79. The van der Waals surface area contributed by atoms with Crippen molar-refractivity contribution in [2.75, 3.05) is 6.61 Å². The lowest BCUT2D eigenvalue weighted by atomic mass is 9.85. The van der Waals surface area contributed by atoms with Crippen molar-refractivity contribution in [1.82, 2.24) is 4.57 Å². The maximum absolute atomic E-state index is 12.0. The molecule has 3 heteroatoms. The second kappa shape index (κ2) is 6.19. The van der Waals surface area contributed by atoms with Crippen LogP contribution in [0.1, 0.15) is 49.4 Å². The summed E-state index contributed by atoms with van der Waals surface area (Å²) < 4.78 is 7.74. The monoisotopic (exact) mass is 249 g/mol. The summed E-state index contributed by atoms with van der Waals surface area (Å²) in [6.07, 6.45) is 10.1. The van der Waals surface area contributed by atoms with Gasteiger partial charge in [-0.3, -0.25) is 4.79 Å². The van der Waals surface area contributed by atoms with Crippen LogP contribution in [0.25, 0.3) is 0 Å². The molecule has 2 unspecified atom stereocenters. The van der Waals surface area contributed by atoms with E-state index in [4.69, 9.17) is 4.74 Å². The molecule has 0 bridgehead atoms. The first-order valence-electron chi connectivity index (χ1n) is 6.97. The van der Waals surface area contributed by atoms with Gasteiger partial charge in [0.1, 0.15) is 6.61 Å². The van der Waals surface area contributed by atoms with E-state index in [2.05, 4.69) is 6.92 Å². The Morgan fingerprint density at radius 2 is 2.22 bits per heavy atom. The van der Waals surface area contributed by atoms with Gasteiger partial charge in [0.25, 0.3) is 0 Å². The first-order valence-corrected chi connectivity index (χ1v) is 6.97. The van der Waals surface area contributed by atoms with Crippen LogP contribution >= 0.6 is 0 Å². The molecule has 100 valence electrons. The molecule has 0 spiro atoms. The lowest BCUT2D eigenvalue weighted by Gasteiger charge is -2.30. The largest absolute Gasteiger partial charge is 0.370 e. The molecule has 0 radical (unpaired) electrons. The minimum atomic E-state index is 0.0935. The van der Waals surface area contributed by atoms with Gasteiger partial charge in [-0.05, 0) is 24.8 Å². The third kappa shape index (κ3) is 3.22. The zero-order valence-corrected chi connectivity index (χ0v) is 11.4. The molecule has 0 aromatic carbocycles. The number of carbonyl (C=O) groups is 1. The van der Waals surface area contributed by atoms with Crippen LogP contribution < -0.4 is 0 Å². The number of aromatic nitrogens is 1. The fraction of sp³-hybridized carbons (Fsp3) is 0.667. The number of ketones is 1. The van der Waals surface area contributed by atoms with Gasteiger partial charge in [0, 0.05) is 25.0 Å². The van der Waals surface area contributed by atoms with Crippen molar-refractivity contribution in [3.63, 3.8) is 0 Å². The summed E-state index contributed by atoms with van der Waals surface area (Å²) in [5.41, 5.74) is 0.751. The zero-order valence-electron chi connectivity index (χ0n) is 11.4. The molecule has 1 saturated carbocycles. The van der Waals surface area contributed by atoms with Gasteiger partial charge in [-0.1, -0.05) is 26.2 Å². The second-order valence-electron chi connectivity index (χ2n) is 5.29. The van der Waals surface area contributed by atoms with Crippen LogP contribution in [0, 0.1) is 5.92 Å². The number of nitrogens with zero attached hydrogens (tertiary/aromatic N) is 1. The molecule has 1 aromatic rings. The summed E-state index contributed by atoms with van der Waals surface area (Å²) in [7, 11) is 1.92. The zero-order chi connectivity index (χ0) is 13.0. The van der Waals surface area contributed by atoms with Gasteiger partial charge in [0.2, 0.25) is 0 Å². The lowest BCUT2D eigenvalue weighted by Crippen LogP contribution is -2.29. The molecule has 2 rings (SSSR count). The summed E-state index contributed by atoms with van der Waals surface area (Å²) in [6, 6.07) is 1.85. The summed E-state index contributed by atoms with van der Waals surface area (Å²) in [5.74, 6) is 0.735. The van der Waals surface area contributed by atoms with Gasteiger partial charge >= 0.3 is 0 Å². The number of carbonyl (C=O) groups excluding carboxylic acids is 1. The Kier molecular flexibility index (Phi) is 4.59. The summed E-state index contributed by atoms with van der Waals surface area (Å²) in [5, 5.41) is 0. The molecule has 1 fully saturated rings. The highest BCUT2D eigenvalue weighted by Gasteiger charge is 2.25. The van der Waals surface area contributed by atoms with E-state index in [-0.39, 0.29) is 18.5 Å². The number of ether oxygens (including phenoxy) is 1. The van der Waals surface area contributed by atoms with Crippen LogP contribution in [0.4, 0.5) is 0 Å². The molecule has 3 nitrogen and oxygen atoms in total. The molecule has 0 saturated heterocycles. The Balaban J connectivity index is 1.85. The van der Waals surface area contributed by atoms with E-state index in [1.54, 1.807) is 0 Å². The number of Topliss-reactive ketones (excluding diaryl/α,β-unsaturated/α-hetero) is 1. The first-order chi connectivity index (χ1) is 8.70. The normalized spacial score (nSPS) is 24.1. The summed E-state index contributed by atoms with van der Waals surface area (Å²) >= 11 is 0. The van der Waals surface area contributed by atoms with Crippen LogP contribution in [-0.2, 0) is 11.8 Å². The van der Waals surface area contributed by atoms with E-state index < -0.39 is 0 Å². The van der Waals surface area contributed by atoms with Crippen LogP contribution in [0.2, 0.25) is 0 Å². The average Bonchev–Trinajstić information content (AvgIpc) is 2.83. The molecule has 1 aliphatic rings. The summed E-state index contributed by atoms with van der Waals surface area (Å²) in [4.78, 5) is 12.0. The highest BCUT2D eigenvalue weighted by atomic mass is 16.5. The van der Waals surface area contributed by atoms with E-state index in [0.717, 1.165) is 18.4 Å². The summed E-state index contributed by atoms with van der Waals surface area (Å²) in [6.45, 7) is 2.44. The van der Waals surface area contributed by atoms with E-state index in [9.17, 15) is 4.79 Å². The molecular weight excluding hydrogens is 226 g/mol.